The fraction of sp³-hybridized carbons (Fsp3) is 0.222. The van der Waals surface area contributed by atoms with Crippen molar-refractivity contribution in [3.63, 3.8) is 0 Å². The highest BCUT2D eigenvalue weighted by Gasteiger charge is 2.35. The van der Waals surface area contributed by atoms with E-state index in [-0.39, 0.29) is 18.9 Å². The molecule has 2 N–H and O–H groups in total. The zero-order valence-corrected chi connectivity index (χ0v) is 14.0. The van der Waals surface area contributed by atoms with Gasteiger partial charge in [0, 0.05) is 12.2 Å². The number of methoxy groups -OCH3 is 1. The van der Waals surface area contributed by atoms with E-state index in [1.54, 1.807) is 18.3 Å². The van der Waals surface area contributed by atoms with E-state index < -0.39 is 0 Å². The first-order valence-electron chi connectivity index (χ1n) is 8.22. The second kappa shape index (κ2) is 5.55. The number of carbonyl (C=O) groups excluding carboxylic acids is 1. The highest BCUT2D eigenvalue weighted by atomic mass is 16.7. The minimum Gasteiger partial charge on any atom is -0.493 e. The summed E-state index contributed by atoms with van der Waals surface area (Å²) in [6, 6.07) is 9.16. The Hall–Kier alpha value is -3.42. The second-order valence-electron chi connectivity index (χ2n) is 6.13. The first-order chi connectivity index (χ1) is 12.7. The van der Waals surface area contributed by atoms with Crippen LogP contribution >= 0.6 is 0 Å². The smallest absolute Gasteiger partial charge is 0.322 e. The van der Waals surface area contributed by atoms with Crippen molar-refractivity contribution in [2.75, 3.05) is 25.3 Å². The van der Waals surface area contributed by atoms with Gasteiger partial charge in [-0.25, -0.2) is 9.78 Å². The fourth-order valence-corrected chi connectivity index (χ4v) is 3.48. The van der Waals surface area contributed by atoms with E-state index in [4.69, 9.17) is 14.2 Å². The fourth-order valence-electron chi connectivity index (χ4n) is 3.48. The van der Waals surface area contributed by atoms with Crippen LogP contribution < -0.4 is 24.4 Å². The highest BCUT2D eigenvalue weighted by molar-refractivity contribution is 5.97. The lowest BCUT2D eigenvalue weighted by Gasteiger charge is -2.24. The van der Waals surface area contributed by atoms with E-state index >= 15 is 0 Å². The van der Waals surface area contributed by atoms with E-state index in [1.807, 2.05) is 30.3 Å². The van der Waals surface area contributed by atoms with Gasteiger partial charge < -0.3 is 24.5 Å². The Kier molecular flexibility index (Phi) is 3.18. The largest absolute Gasteiger partial charge is 0.493 e. The minimum atomic E-state index is -0.192. The van der Waals surface area contributed by atoms with Crippen molar-refractivity contribution < 1.29 is 19.0 Å². The molecule has 1 atom stereocenters. The van der Waals surface area contributed by atoms with Crippen molar-refractivity contribution in [3.05, 3.63) is 42.2 Å². The van der Waals surface area contributed by atoms with Gasteiger partial charge >= 0.3 is 6.03 Å². The normalized spacial score (nSPS) is 18.4. The summed E-state index contributed by atoms with van der Waals surface area (Å²) in [7, 11) is 1.59. The van der Waals surface area contributed by atoms with Crippen LogP contribution in [0.25, 0.3) is 11.0 Å². The van der Waals surface area contributed by atoms with Gasteiger partial charge in [-0.3, -0.25) is 4.90 Å². The van der Waals surface area contributed by atoms with Crippen LogP contribution in [0.2, 0.25) is 0 Å². The molecule has 2 aliphatic rings. The van der Waals surface area contributed by atoms with E-state index in [0.717, 1.165) is 22.3 Å². The second-order valence-corrected chi connectivity index (χ2v) is 6.13. The summed E-state index contributed by atoms with van der Waals surface area (Å²) in [5.74, 6) is 1.82. The van der Waals surface area contributed by atoms with Crippen LogP contribution in [0, 0.1) is 0 Å². The molecule has 2 amide bonds. The summed E-state index contributed by atoms with van der Waals surface area (Å²) in [5, 5.41) is 2.91. The lowest BCUT2D eigenvalue weighted by atomic mass is 10.0. The van der Waals surface area contributed by atoms with Gasteiger partial charge in [-0.2, -0.15) is 0 Å². The lowest BCUT2D eigenvalue weighted by Crippen LogP contribution is -2.29. The summed E-state index contributed by atoms with van der Waals surface area (Å²) in [6.07, 6.45) is 1.64. The summed E-state index contributed by atoms with van der Waals surface area (Å²) in [4.78, 5) is 21.6. The molecule has 0 aliphatic carbocycles. The number of fused-ring (bicyclic) bond motifs is 2. The lowest BCUT2D eigenvalue weighted by molar-refractivity contribution is 0.171. The number of amides is 2. The topological polar surface area (TPSA) is 88.7 Å². The van der Waals surface area contributed by atoms with E-state index in [1.165, 1.54) is 0 Å². The van der Waals surface area contributed by atoms with Gasteiger partial charge in [0.05, 0.1) is 30.5 Å². The van der Waals surface area contributed by atoms with E-state index in [9.17, 15) is 4.79 Å². The Morgan fingerprint density at radius 1 is 1.27 bits per heavy atom. The predicted octanol–water partition coefficient (Wildman–Crippen LogP) is 2.57. The number of carbonyl (C=O) groups is 1. The minimum absolute atomic E-state index is 0.151. The monoisotopic (exact) mass is 352 g/mol. The summed E-state index contributed by atoms with van der Waals surface area (Å²) < 4.78 is 16.4. The van der Waals surface area contributed by atoms with Gasteiger partial charge in [0.2, 0.25) is 12.5 Å². The Bertz CT molecular complexity index is 1020. The van der Waals surface area contributed by atoms with Crippen molar-refractivity contribution in [2.24, 2.45) is 0 Å². The van der Waals surface area contributed by atoms with Gasteiger partial charge in [0.1, 0.15) is 0 Å². The summed E-state index contributed by atoms with van der Waals surface area (Å²) in [5.41, 5.74) is 3.42. The molecule has 0 radical (unpaired) electrons. The standard InChI is InChI=1S/C18H16N4O4/c1-24-15-4-10(5-16-17(15)26-9-25-16)14-7-19-18(23)22(14)11-2-3-12-13(6-11)21-8-20-12/h2-6,8,14H,7,9H2,1H3,(H,19,23)(H,20,21). The molecular weight excluding hydrogens is 336 g/mol. The van der Waals surface area contributed by atoms with E-state index in [0.29, 0.717) is 23.8 Å². The summed E-state index contributed by atoms with van der Waals surface area (Å²) >= 11 is 0. The van der Waals surface area contributed by atoms with Crippen LogP contribution in [0.4, 0.5) is 10.5 Å². The number of imidazole rings is 1. The zero-order valence-electron chi connectivity index (χ0n) is 14.0. The van der Waals surface area contributed by atoms with Gasteiger partial charge in [0.25, 0.3) is 0 Å². The first-order valence-corrected chi connectivity index (χ1v) is 8.22. The molecule has 3 heterocycles. The molecule has 8 heteroatoms. The maximum atomic E-state index is 12.5. The Balaban J connectivity index is 1.58. The van der Waals surface area contributed by atoms with Crippen molar-refractivity contribution in [3.8, 4) is 17.2 Å². The van der Waals surface area contributed by atoms with Crippen LogP contribution in [0.3, 0.4) is 0 Å². The zero-order chi connectivity index (χ0) is 17.7. The van der Waals surface area contributed by atoms with E-state index in [2.05, 4.69) is 15.3 Å². The van der Waals surface area contributed by atoms with Crippen LogP contribution in [-0.4, -0.2) is 36.4 Å². The molecule has 2 aliphatic heterocycles. The molecule has 0 bridgehead atoms. The molecule has 26 heavy (non-hydrogen) atoms. The van der Waals surface area contributed by atoms with Gasteiger partial charge in [0.15, 0.2) is 11.5 Å². The molecule has 0 saturated carbocycles. The Labute approximate surface area is 148 Å². The number of aromatic amines is 1. The number of urea groups is 1. The van der Waals surface area contributed by atoms with Gasteiger partial charge in [-0.1, -0.05) is 0 Å². The Morgan fingerprint density at radius 3 is 3.08 bits per heavy atom. The molecule has 2 aromatic carbocycles. The van der Waals surface area contributed by atoms with Gasteiger partial charge in [-0.15, -0.1) is 0 Å². The van der Waals surface area contributed by atoms with Crippen molar-refractivity contribution in [1.82, 2.24) is 15.3 Å². The SMILES string of the molecule is COc1cc(C2CNC(=O)N2c2ccc3[nH]cnc3c2)cc2c1OCO2. The van der Waals surface area contributed by atoms with Crippen molar-refractivity contribution in [2.45, 2.75) is 6.04 Å². The molecule has 1 saturated heterocycles. The number of ether oxygens (including phenoxy) is 3. The van der Waals surface area contributed by atoms with Gasteiger partial charge in [-0.05, 0) is 35.9 Å². The average molecular weight is 352 g/mol. The number of benzene rings is 2. The molecule has 1 aromatic heterocycles. The van der Waals surface area contributed by atoms with Crippen molar-refractivity contribution in [1.29, 1.82) is 0 Å². The van der Waals surface area contributed by atoms with Crippen molar-refractivity contribution >= 4 is 22.8 Å². The number of hydrogen-bond donors (Lipinski definition) is 2. The molecule has 0 spiro atoms. The number of nitrogens with one attached hydrogen (secondary N) is 2. The van der Waals surface area contributed by atoms with Crippen LogP contribution in [0.15, 0.2) is 36.7 Å². The average Bonchev–Trinajstić information content (AvgIpc) is 3.38. The molecular formula is C18H16N4O4. The van der Waals surface area contributed by atoms with Crippen LogP contribution in [0.5, 0.6) is 17.2 Å². The summed E-state index contributed by atoms with van der Waals surface area (Å²) in [6.45, 7) is 0.650. The molecule has 5 rings (SSSR count). The molecule has 3 aromatic rings. The number of aromatic nitrogens is 2. The first kappa shape index (κ1) is 14.9. The maximum Gasteiger partial charge on any atom is 0.322 e. The Morgan fingerprint density at radius 2 is 2.19 bits per heavy atom. The molecule has 1 fully saturated rings. The number of H-pyrrole nitrogens is 1. The third kappa shape index (κ3) is 2.15. The number of hydrogen-bond acceptors (Lipinski definition) is 5. The molecule has 1 unspecified atom stereocenters. The maximum absolute atomic E-state index is 12.5. The number of anilines is 1. The molecule has 132 valence electrons. The highest BCUT2D eigenvalue weighted by Crippen LogP contribution is 2.44. The van der Waals surface area contributed by atoms with Crippen LogP contribution in [0.1, 0.15) is 11.6 Å². The number of rotatable bonds is 3. The predicted molar refractivity (Wildman–Crippen MR) is 93.8 cm³/mol. The van der Waals surface area contributed by atoms with Crippen LogP contribution in [-0.2, 0) is 0 Å². The third-order valence-electron chi connectivity index (χ3n) is 4.73. The number of nitrogens with zero attached hydrogens (tertiary/aromatic N) is 2. The quantitative estimate of drug-likeness (QED) is 0.756. The third-order valence-corrected chi connectivity index (χ3v) is 4.73. The molecule has 8 nitrogen and oxygen atoms in total.